The van der Waals surface area contributed by atoms with E-state index < -0.39 is 11.9 Å². The molecule has 4 heteroatoms. The minimum atomic E-state index is -1.10. The van der Waals surface area contributed by atoms with Gasteiger partial charge < -0.3 is 10.2 Å². The van der Waals surface area contributed by atoms with Crippen LogP contribution in [0.1, 0.15) is 38.8 Å². The summed E-state index contributed by atoms with van der Waals surface area (Å²) in [5.74, 6) is -2.19. The van der Waals surface area contributed by atoms with Gasteiger partial charge in [0.05, 0.1) is 11.1 Å². The van der Waals surface area contributed by atoms with E-state index in [1.54, 1.807) is 13.0 Å². The fraction of sp³-hybridized carbons (Fsp3) is 0.273. The van der Waals surface area contributed by atoms with Crippen molar-refractivity contribution in [2.24, 2.45) is 0 Å². The van der Waals surface area contributed by atoms with Gasteiger partial charge in [0.25, 0.3) is 0 Å². The summed E-state index contributed by atoms with van der Waals surface area (Å²) >= 11 is 0. The third-order valence-corrected chi connectivity index (χ3v) is 2.29. The van der Waals surface area contributed by atoms with Crippen molar-refractivity contribution in [3.05, 3.63) is 34.4 Å². The summed E-state index contributed by atoms with van der Waals surface area (Å²) in [4.78, 5) is 21.7. The van der Waals surface area contributed by atoms with Crippen LogP contribution in [0.25, 0.3) is 0 Å². The lowest BCUT2D eigenvalue weighted by molar-refractivity contribution is 0.0695. The maximum absolute atomic E-state index is 10.9. The number of hydrogen-bond acceptors (Lipinski definition) is 2. The van der Waals surface area contributed by atoms with Gasteiger partial charge in [-0.1, -0.05) is 13.0 Å². The highest BCUT2D eigenvalue weighted by Crippen LogP contribution is 2.17. The third kappa shape index (κ3) is 2.15. The molecule has 0 unspecified atom stereocenters. The Morgan fingerprint density at radius 2 is 1.67 bits per heavy atom. The summed E-state index contributed by atoms with van der Waals surface area (Å²) in [7, 11) is 0. The first-order valence-corrected chi connectivity index (χ1v) is 4.57. The van der Waals surface area contributed by atoms with Crippen LogP contribution in [0.2, 0.25) is 0 Å². The Balaban J connectivity index is 3.43. The van der Waals surface area contributed by atoms with Crippen molar-refractivity contribution in [1.29, 1.82) is 0 Å². The second-order valence-corrected chi connectivity index (χ2v) is 3.29. The van der Waals surface area contributed by atoms with Crippen LogP contribution in [0.5, 0.6) is 0 Å². The molecule has 0 saturated carbocycles. The lowest BCUT2D eigenvalue weighted by atomic mass is 9.97. The molecule has 0 bridgehead atoms. The first kappa shape index (κ1) is 11.2. The average Bonchev–Trinajstić information content (AvgIpc) is 2.16. The molecule has 0 aliphatic carbocycles. The number of hydrogen-bond donors (Lipinski definition) is 2. The van der Waals surface area contributed by atoms with E-state index in [0.29, 0.717) is 17.5 Å². The van der Waals surface area contributed by atoms with Gasteiger partial charge in [0.15, 0.2) is 0 Å². The Bertz CT molecular complexity index is 421. The van der Waals surface area contributed by atoms with Crippen LogP contribution in [0, 0.1) is 6.92 Å². The van der Waals surface area contributed by atoms with Gasteiger partial charge in [-0.05, 0) is 30.5 Å². The fourth-order valence-corrected chi connectivity index (χ4v) is 1.49. The molecule has 0 aliphatic heterocycles. The van der Waals surface area contributed by atoms with E-state index in [1.807, 2.05) is 6.92 Å². The zero-order valence-corrected chi connectivity index (χ0v) is 8.57. The van der Waals surface area contributed by atoms with Crippen LogP contribution < -0.4 is 0 Å². The molecule has 1 rings (SSSR count). The minimum absolute atomic E-state index is 0.0459. The van der Waals surface area contributed by atoms with Gasteiger partial charge in [0.1, 0.15) is 0 Å². The SMILES string of the molecule is CCc1cc(C)c(C(=O)O)cc1C(=O)O. The van der Waals surface area contributed by atoms with Gasteiger partial charge in [-0.3, -0.25) is 0 Å². The predicted octanol–water partition coefficient (Wildman–Crippen LogP) is 1.95. The van der Waals surface area contributed by atoms with E-state index in [2.05, 4.69) is 0 Å². The van der Waals surface area contributed by atoms with E-state index in [9.17, 15) is 9.59 Å². The molecule has 1 aromatic rings. The van der Waals surface area contributed by atoms with Crippen molar-refractivity contribution in [2.75, 3.05) is 0 Å². The molecule has 0 radical (unpaired) electrons. The van der Waals surface area contributed by atoms with Crippen LogP contribution in [-0.2, 0) is 6.42 Å². The highest BCUT2D eigenvalue weighted by molar-refractivity contribution is 5.95. The number of carboxylic acids is 2. The second kappa shape index (κ2) is 4.13. The number of aromatic carboxylic acids is 2. The lowest BCUT2D eigenvalue weighted by Gasteiger charge is -2.07. The van der Waals surface area contributed by atoms with Crippen molar-refractivity contribution >= 4 is 11.9 Å². The minimum Gasteiger partial charge on any atom is -0.478 e. The van der Waals surface area contributed by atoms with Crippen LogP contribution >= 0.6 is 0 Å². The topological polar surface area (TPSA) is 74.6 Å². The van der Waals surface area contributed by atoms with Gasteiger partial charge in [-0.2, -0.15) is 0 Å². The van der Waals surface area contributed by atoms with Gasteiger partial charge in [0.2, 0.25) is 0 Å². The quantitative estimate of drug-likeness (QED) is 0.796. The monoisotopic (exact) mass is 208 g/mol. The largest absolute Gasteiger partial charge is 0.478 e. The molecule has 80 valence electrons. The molecule has 1 aromatic carbocycles. The number of carboxylic acid groups (broad SMARTS) is 2. The van der Waals surface area contributed by atoms with Crippen LogP contribution in [0.15, 0.2) is 12.1 Å². The fourth-order valence-electron chi connectivity index (χ4n) is 1.49. The summed E-state index contributed by atoms with van der Waals surface area (Å²) < 4.78 is 0. The molecule has 0 aliphatic rings. The van der Waals surface area contributed by atoms with E-state index in [-0.39, 0.29) is 11.1 Å². The average molecular weight is 208 g/mol. The first-order chi connectivity index (χ1) is 6.97. The Morgan fingerprint density at radius 3 is 2.07 bits per heavy atom. The van der Waals surface area contributed by atoms with Crippen LogP contribution in [0.3, 0.4) is 0 Å². The predicted molar refractivity (Wildman–Crippen MR) is 54.5 cm³/mol. The van der Waals surface area contributed by atoms with E-state index in [0.717, 1.165) is 0 Å². The highest BCUT2D eigenvalue weighted by Gasteiger charge is 2.15. The molecular formula is C11H12O4. The van der Waals surface area contributed by atoms with Crippen LogP contribution in [-0.4, -0.2) is 22.2 Å². The molecule has 0 aromatic heterocycles. The third-order valence-electron chi connectivity index (χ3n) is 2.29. The number of rotatable bonds is 3. The van der Waals surface area contributed by atoms with E-state index in [4.69, 9.17) is 10.2 Å². The summed E-state index contributed by atoms with van der Waals surface area (Å²) in [6.45, 7) is 3.50. The Kier molecular flexibility index (Phi) is 3.09. The van der Waals surface area contributed by atoms with Crippen molar-refractivity contribution in [3.63, 3.8) is 0 Å². The first-order valence-electron chi connectivity index (χ1n) is 4.57. The van der Waals surface area contributed by atoms with Gasteiger partial charge in [0, 0.05) is 0 Å². The highest BCUT2D eigenvalue weighted by atomic mass is 16.4. The van der Waals surface area contributed by atoms with Crippen molar-refractivity contribution < 1.29 is 19.8 Å². The molecule has 0 spiro atoms. The lowest BCUT2D eigenvalue weighted by Crippen LogP contribution is -2.08. The number of benzene rings is 1. The number of aryl methyl sites for hydroxylation is 2. The molecule has 0 saturated heterocycles. The Hall–Kier alpha value is -1.84. The molecule has 0 amide bonds. The van der Waals surface area contributed by atoms with E-state index >= 15 is 0 Å². The zero-order chi connectivity index (χ0) is 11.6. The molecular weight excluding hydrogens is 196 g/mol. The smallest absolute Gasteiger partial charge is 0.335 e. The molecule has 15 heavy (non-hydrogen) atoms. The normalized spacial score (nSPS) is 10.0. The molecule has 2 N–H and O–H groups in total. The molecule has 0 heterocycles. The van der Waals surface area contributed by atoms with Crippen LogP contribution in [0.4, 0.5) is 0 Å². The zero-order valence-electron chi connectivity index (χ0n) is 8.57. The van der Waals surface area contributed by atoms with Gasteiger partial charge >= 0.3 is 11.9 Å². The summed E-state index contributed by atoms with van der Waals surface area (Å²) in [5.41, 5.74) is 1.36. The standard InChI is InChI=1S/C11H12O4/c1-3-7-4-6(2)8(10(12)13)5-9(7)11(14)15/h4-5H,3H2,1-2H3,(H,12,13)(H,14,15). The summed E-state index contributed by atoms with van der Waals surface area (Å²) in [5, 5.41) is 17.7. The van der Waals surface area contributed by atoms with Gasteiger partial charge in [-0.25, -0.2) is 9.59 Å². The maximum atomic E-state index is 10.9. The molecule has 0 fully saturated rings. The molecule has 4 nitrogen and oxygen atoms in total. The summed E-state index contributed by atoms with van der Waals surface area (Å²) in [6.07, 6.45) is 0.572. The second-order valence-electron chi connectivity index (χ2n) is 3.29. The Morgan fingerprint density at radius 1 is 1.13 bits per heavy atom. The summed E-state index contributed by atoms with van der Waals surface area (Å²) in [6, 6.07) is 2.84. The van der Waals surface area contributed by atoms with Crippen molar-refractivity contribution in [3.8, 4) is 0 Å². The molecule has 0 atom stereocenters. The van der Waals surface area contributed by atoms with E-state index in [1.165, 1.54) is 6.07 Å². The van der Waals surface area contributed by atoms with Crippen molar-refractivity contribution in [2.45, 2.75) is 20.3 Å². The maximum Gasteiger partial charge on any atom is 0.335 e. The number of carbonyl (C=O) groups is 2. The van der Waals surface area contributed by atoms with Crippen molar-refractivity contribution in [1.82, 2.24) is 0 Å². The van der Waals surface area contributed by atoms with Gasteiger partial charge in [-0.15, -0.1) is 0 Å². The Labute approximate surface area is 87.2 Å².